The summed E-state index contributed by atoms with van der Waals surface area (Å²) in [4.78, 5) is 25.3. The molecule has 0 aromatic heterocycles. The zero-order chi connectivity index (χ0) is 28.8. The van der Waals surface area contributed by atoms with E-state index in [0.29, 0.717) is 19.4 Å². The van der Waals surface area contributed by atoms with Crippen LogP contribution in [0.5, 0.6) is 5.75 Å². The highest BCUT2D eigenvalue weighted by Crippen LogP contribution is 2.15. The van der Waals surface area contributed by atoms with Crippen LogP contribution in [0, 0.1) is 11.8 Å². The van der Waals surface area contributed by atoms with Crippen molar-refractivity contribution < 1.29 is 33.0 Å². The lowest BCUT2D eigenvalue weighted by atomic mass is 9.98. The van der Waals surface area contributed by atoms with E-state index in [2.05, 4.69) is 10.6 Å². The maximum atomic E-state index is 13.3. The molecule has 1 unspecified atom stereocenters. The van der Waals surface area contributed by atoms with Crippen LogP contribution in [0.25, 0.3) is 0 Å². The van der Waals surface area contributed by atoms with Gasteiger partial charge in [0.2, 0.25) is 5.91 Å². The molecule has 3 atom stereocenters. The Morgan fingerprint density at radius 1 is 1.03 bits per heavy atom. The number of Topliss-reactive ketones (excluding diaryl/α,β-unsaturated/α-hetero) is 1. The monoisotopic (exact) mass is 562 g/mol. The third kappa shape index (κ3) is 12.3. The Morgan fingerprint density at radius 2 is 1.72 bits per heavy atom. The molecule has 0 aliphatic heterocycles. The molecule has 0 aliphatic carbocycles. The van der Waals surface area contributed by atoms with E-state index in [4.69, 9.17) is 4.74 Å². The molecule has 1 amide bonds. The number of aliphatic hydroxyl groups excluding tert-OH is 2. The molecule has 0 fully saturated rings. The van der Waals surface area contributed by atoms with Crippen LogP contribution in [0.1, 0.15) is 37.8 Å². The summed E-state index contributed by atoms with van der Waals surface area (Å²) in [5, 5.41) is 26.3. The van der Waals surface area contributed by atoms with Crippen molar-refractivity contribution in [2.75, 3.05) is 31.8 Å². The molecule has 0 bridgehead atoms. The van der Waals surface area contributed by atoms with Crippen LogP contribution >= 0.6 is 0 Å². The van der Waals surface area contributed by atoms with Crippen LogP contribution in [0.4, 0.5) is 0 Å². The highest BCUT2D eigenvalue weighted by molar-refractivity contribution is 7.91. The summed E-state index contributed by atoms with van der Waals surface area (Å²) < 4.78 is 30.7. The van der Waals surface area contributed by atoms with Crippen molar-refractivity contribution >= 4 is 21.5 Å². The normalized spacial score (nSPS) is 14.0. The third-order valence-corrected chi connectivity index (χ3v) is 8.16. The standard InChI is InChI=1S/C29H42N2O7S/c1-21(2)12-13-39(36,37)20-24(16-25(33)19-32)29(35)31-27(15-22-8-5-4-6-9-22)28(34)18-30-17-23-10-7-11-26(14-23)38-3/h4-11,14,21,24,27-28,30,32,34H,12-13,15-20H2,1-3H3,(H,31,35)/t24?,27-,28+/m0/s1. The highest BCUT2D eigenvalue weighted by atomic mass is 32.2. The summed E-state index contributed by atoms with van der Waals surface area (Å²) >= 11 is 0. The number of amides is 1. The van der Waals surface area contributed by atoms with Gasteiger partial charge in [-0.3, -0.25) is 9.59 Å². The molecule has 216 valence electrons. The van der Waals surface area contributed by atoms with Gasteiger partial charge in [-0.25, -0.2) is 8.42 Å². The zero-order valence-corrected chi connectivity index (χ0v) is 23.8. The number of carbonyl (C=O) groups excluding carboxylic acids is 2. The van der Waals surface area contributed by atoms with Crippen LogP contribution in [0.15, 0.2) is 54.6 Å². The van der Waals surface area contributed by atoms with Crippen LogP contribution in [-0.2, 0) is 32.4 Å². The Morgan fingerprint density at radius 3 is 2.36 bits per heavy atom. The van der Waals surface area contributed by atoms with E-state index in [1.807, 2.05) is 68.4 Å². The first-order valence-electron chi connectivity index (χ1n) is 13.2. The molecule has 39 heavy (non-hydrogen) atoms. The SMILES string of the molecule is COc1cccc(CNC[C@@H](O)[C@H](Cc2ccccc2)NC(=O)C(CC(=O)CO)CS(=O)(=O)CCC(C)C)c1. The predicted octanol–water partition coefficient (Wildman–Crippen LogP) is 1.90. The number of methoxy groups -OCH3 is 1. The first-order valence-corrected chi connectivity index (χ1v) is 15.0. The van der Waals surface area contributed by atoms with Gasteiger partial charge in [-0.1, -0.05) is 56.3 Å². The van der Waals surface area contributed by atoms with E-state index in [1.54, 1.807) is 7.11 Å². The summed E-state index contributed by atoms with van der Waals surface area (Å²) in [6.45, 7) is 3.66. The molecule has 9 nitrogen and oxygen atoms in total. The molecule has 0 spiro atoms. The van der Waals surface area contributed by atoms with Gasteiger partial charge in [-0.05, 0) is 42.0 Å². The maximum absolute atomic E-state index is 13.3. The summed E-state index contributed by atoms with van der Waals surface area (Å²) in [5.74, 6) is -2.13. The topological polar surface area (TPSA) is 142 Å². The molecule has 2 aromatic carbocycles. The van der Waals surface area contributed by atoms with E-state index >= 15 is 0 Å². The average Bonchev–Trinajstić information content (AvgIpc) is 2.91. The fourth-order valence-corrected chi connectivity index (χ4v) is 5.99. The van der Waals surface area contributed by atoms with Crippen LogP contribution < -0.4 is 15.4 Å². The average molecular weight is 563 g/mol. The first-order chi connectivity index (χ1) is 18.5. The lowest BCUT2D eigenvalue weighted by Crippen LogP contribution is -2.51. The number of ether oxygens (including phenoxy) is 1. The van der Waals surface area contributed by atoms with E-state index in [9.17, 15) is 28.2 Å². The van der Waals surface area contributed by atoms with Crippen LogP contribution in [-0.4, -0.2) is 74.2 Å². The van der Waals surface area contributed by atoms with Crippen molar-refractivity contribution in [3.8, 4) is 5.75 Å². The molecule has 0 saturated heterocycles. The second-order valence-electron chi connectivity index (χ2n) is 10.2. The van der Waals surface area contributed by atoms with E-state index in [-0.39, 0.29) is 18.2 Å². The first kappa shape index (κ1) is 32.4. The Kier molecular flexibility index (Phi) is 13.6. The summed E-state index contributed by atoms with van der Waals surface area (Å²) in [6, 6.07) is 16.1. The number of ketones is 1. The zero-order valence-electron chi connectivity index (χ0n) is 23.0. The molecular formula is C29H42N2O7S. The van der Waals surface area contributed by atoms with Gasteiger partial charge in [-0.15, -0.1) is 0 Å². The van der Waals surface area contributed by atoms with Crippen LogP contribution in [0.3, 0.4) is 0 Å². The van der Waals surface area contributed by atoms with Gasteiger partial charge in [0.1, 0.15) is 12.4 Å². The molecule has 0 aliphatic rings. The van der Waals surface area contributed by atoms with Gasteiger partial charge in [0.05, 0.1) is 36.7 Å². The number of aliphatic hydroxyl groups is 2. The van der Waals surface area contributed by atoms with Gasteiger partial charge in [-0.2, -0.15) is 0 Å². The quantitative estimate of drug-likeness (QED) is 0.216. The third-order valence-electron chi connectivity index (χ3n) is 6.39. The van der Waals surface area contributed by atoms with Crippen LogP contribution in [0.2, 0.25) is 0 Å². The lowest BCUT2D eigenvalue weighted by Gasteiger charge is -2.27. The van der Waals surface area contributed by atoms with Gasteiger partial charge in [0.25, 0.3) is 0 Å². The van der Waals surface area contributed by atoms with Gasteiger partial charge in [0.15, 0.2) is 15.6 Å². The molecule has 0 heterocycles. The van der Waals surface area contributed by atoms with Gasteiger partial charge in [0, 0.05) is 19.5 Å². The molecule has 4 N–H and O–H groups in total. The second-order valence-corrected chi connectivity index (χ2v) is 12.5. The van der Waals surface area contributed by atoms with Crippen molar-refractivity contribution in [3.63, 3.8) is 0 Å². The molecule has 2 aromatic rings. The minimum atomic E-state index is -3.62. The van der Waals surface area contributed by atoms with Crippen molar-refractivity contribution in [2.24, 2.45) is 11.8 Å². The number of rotatable bonds is 18. The fraction of sp³-hybridized carbons (Fsp3) is 0.517. The molecule has 0 radical (unpaired) electrons. The maximum Gasteiger partial charge on any atom is 0.224 e. The molecule has 0 saturated carbocycles. The van der Waals surface area contributed by atoms with Gasteiger partial charge < -0.3 is 25.6 Å². The largest absolute Gasteiger partial charge is 0.497 e. The smallest absolute Gasteiger partial charge is 0.224 e. The number of carbonyl (C=O) groups is 2. The van der Waals surface area contributed by atoms with Crippen molar-refractivity contribution in [1.29, 1.82) is 0 Å². The predicted molar refractivity (Wildman–Crippen MR) is 151 cm³/mol. The van der Waals surface area contributed by atoms with E-state index in [1.165, 1.54) is 0 Å². The fourth-order valence-electron chi connectivity index (χ4n) is 4.11. The summed E-state index contributed by atoms with van der Waals surface area (Å²) in [5.41, 5.74) is 1.83. The number of hydrogen-bond acceptors (Lipinski definition) is 8. The van der Waals surface area contributed by atoms with E-state index < -0.39 is 58.4 Å². The second kappa shape index (κ2) is 16.3. The van der Waals surface area contributed by atoms with E-state index in [0.717, 1.165) is 16.9 Å². The van der Waals surface area contributed by atoms with Crippen molar-refractivity contribution in [3.05, 3.63) is 65.7 Å². The number of sulfone groups is 1. The number of hydrogen-bond donors (Lipinski definition) is 4. The van der Waals surface area contributed by atoms with Crippen molar-refractivity contribution in [2.45, 2.75) is 51.8 Å². The Labute approximate surface area is 231 Å². The Balaban J connectivity index is 2.15. The molecule has 2 rings (SSSR count). The number of nitrogens with one attached hydrogen (secondary N) is 2. The molecule has 10 heteroatoms. The summed E-state index contributed by atoms with van der Waals surface area (Å²) in [7, 11) is -2.03. The van der Waals surface area contributed by atoms with Crippen molar-refractivity contribution in [1.82, 2.24) is 10.6 Å². The Bertz CT molecular complexity index is 1140. The number of benzene rings is 2. The summed E-state index contributed by atoms with van der Waals surface area (Å²) in [6.07, 6.45) is -0.661. The highest BCUT2D eigenvalue weighted by Gasteiger charge is 2.31. The minimum Gasteiger partial charge on any atom is -0.497 e. The van der Waals surface area contributed by atoms with Gasteiger partial charge >= 0.3 is 0 Å². The minimum absolute atomic E-state index is 0.0912. The lowest BCUT2D eigenvalue weighted by molar-refractivity contribution is -0.130. The molecular weight excluding hydrogens is 520 g/mol. The Hall–Kier alpha value is -2.79.